The third-order valence-corrected chi connectivity index (χ3v) is 4.94. The number of aryl methyl sites for hydroxylation is 2. The van der Waals surface area contributed by atoms with E-state index >= 15 is 0 Å². The van der Waals surface area contributed by atoms with E-state index in [1.54, 1.807) is 11.9 Å². The molecule has 0 radical (unpaired) electrons. The van der Waals surface area contributed by atoms with E-state index in [0.717, 1.165) is 28.1 Å². The minimum absolute atomic E-state index is 0.123. The van der Waals surface area contributed by atoms with Gasteiger partial charge in [0.2, 0.25) is 11.8 Å². The second-order valence-electron chi connectivity index (χ2n) is 7.69. The highest BCUT2D eigenvalue weighted by Gasteiger charge is 2.22. The quantitative estimate of drug-likeness (QED) is 0.751. The first-order valence-corrected chi connectivity index (χ1v) is 9.66. The van der Waals surface area contributed by atoms with Gasteiger partial charge in [-0.15, -0.1) is 0 Å². The SMILES string of the molecule is Cc1ccc(NC(=O)CN(C)[C@H](C)C(=O)Nc2c(C)cccc2C(C)C)cc1. The van der Waals surface area contributed by atoms with E-state index in [1.807, 2.05) is 63.2 Å². The van der Waals surface area contributed by atoms with Crippen LogP contribution in [0.3, 0.4) is 0 Å². The molecule has 0 fully saturated rings. The molecule has 0 aliphatic heterocycles. The maximum atomic E-state index is 12.8. The third kappa shape index (κ3) is 5.67. The number of carbonyl (C=O) groups is 2. The van der Waals surface area contributed by atoms with Crippen LogP contribution < -0.4 is 10.6 Å². The zero-order chi connectivity index (χ0) is 20.8. The first kappa shape index (κ1) is 21.6. The number of benzene rings is 2. The molecule has 2 N–H and O–H groups in total. The number of amides is 2. The number of anilines is 2. The largest absolute Gasteiger partial charge is 0.325 e. The summed E-state index contributed by atoms with van der Waals surface area (Å²) in [5.41, 5.74) is 4.90. The minimum atomic E-state index is -0.441. The standard InChI is InChI=1S/C23H31N3O2/c1-15(2)20-9-7-8-17(4)22(20)25-23(28)18(5)26(6)14-21(27)24-19-12-10-16(3)11-13-19/h7-13,15,18H,14H2,1-6H3,(H,24,27)(H,25,28)/t18-/m1/s1. The lowest BCUT2D eigenvalue weighted by Crippen LogP contribution is -2.43. The van der Waals surface area contributed by atoms with Gasteiger partial charge in [0.1, 0.15) is 0 Å². The maximum absolute atomic E-state index is 12.8. The molecule has 2 rings (SSSR count). The molecule has 1 atom stereocenters. The summed E-state index contributed by atoms with van der Waals surface area (Å²) in [4.78, 5) is 26.8. The second kappa shape index (κ2) is 9.51. The van der Waals surface area contributed by atoms with Gasteiger partial charge in [0.05, 0.1) is 12.6 Å². The van der Waals surface area contributed by atoms with Gasteiger partial charge in [-0.25, -0.2) is 0 Å². The van der Waals surface area contributed by atoms with Crippen LogP contribution in [0.4, 0.5) is 11.4 Å². The summed E-state index contributed by atoms with van der Waals surface area (Å²) in [6.45, 7) is 10.1. The zero-order valence-electron chi connectivity index (χ0n) is 17.7. The predicted octanol–water partition coefficient (Wildman–Crippen LogP) is 4.32. The van der Waals surface area contributed by atoms with Crippen molar-refractivity contribution >= 4 is 23.2 Å². The van der Waals surface area contributed by atoms with Crippen molar-refractivity contribution in [1.29, 1.82) is 0 Å². The molecule has 0 aliphatic rings. The van der Waals surface area contributed by atoms with Gasteiger partial charge in [0.15, 0.2) is 0 Å². The van der Waals surface area contributed by atoms with Crippen molar-refractivity contribution in [2.24, 2.45) is 0 Å². The molecule has 0 heterocycles. The lowest BCUT2D eigenvalue weighted by atomic mass is 9.98. The van der Waals surface area contributed by atoms with Crippen molar-refractivity contribution < 1.29 is 9.59 Å². The van der Waals surface area contributed by atoms with E-state index in [0.29, 0.717) is 5.92 Å². The first-order valence-electron chi connectivity index (χ1n) is 9.66. The van der Waals surface area contributed by atoms with E-state index in [2.05, 4.69) is 24.5 Å². The van der Waals surface area contributed by atoms with Crippen LogP contribution in [0.5, 0.6) is 0 Å². The van der Waals surface area contributed by atoms with Gasteiger partial charge in [-0.3, -0.25) is 14.5 Å². The summed E-state index contributed by atoms with van der Waals surface area (Å²) in [7, 11) is 1.78. The Balaban J connectivity index is 1.99. The zero-order valence-corrected chi connectivity index (χ0v) is 17.7. The van der Waals surface area contributed by atoms with E-state index in [4.69, 9.17) is 0 Å². The van der Waals surface area contributed by atoms with Crippen LogP contribution in [-0.4, -0.2) is 36.3 Å². The van der Waals surface area contributed by atoms with Crippen LogP contribution in [-0.2, 0) is 9.59 Å². The van der Waals surface area contributed by atoms with Crippen molar-refractivity contribution in [1.82, 2.24) is 4.90 Å². The van der Waals surface area contributed by atoms with Crippen LogP contribution in [0.25, 0.3) is 0 Å². The highest BCUT2D eigenvalue weighted by Crippen LogP contribution is 2.27. The van der Waals surface area contributed by atoms with Gasteiger partial charge in [-0.05, 0) is 57.0 Å². The fourth-order valence-corrected chi connectivity index (χ4v) is 2.97. The van der Waals surface area contributed by atoms with Crippen LogP contribution in [0, 0.1) is 13.8 Å². The normalized spacial score (nSPS) is 12.1. The Kier molecular flexibility index (Phi) is 7.35. The van der Waals surface area contributed by atoms with E-state index < -0.39 is 6.04 Å². The Bertz CT molecular complexity index is 828. The highest BCUT2D eigenvalue weighted by molar-refractivity contribution is 5.97. The van der Waals surface area contributed by atoms with Crippen molar-refractivity contribution in [2.45, 2.75) is 46.6 Å². The Hall–Kier alpha value is -2.66. The third-order valence-electron chi connectivity index (χ3n) is 4.94. The number of nitrogens with zero attached hydrogens (tertiary/aromatic N) is 1. The second-order valence-corrected chi connectivity index (χ2v) is 7.69. The fraction of sp³-hybridized carbons (Fsp3) is 0.391. The number of para-hydroxylation sites is 1. The molecule has 2 amide bonds. The molecule has 0 saturated carbocycles. The molecule has 5 nitrogen and oxygen atoms in total. The van der Waals surface area contributed by atoms with Gasteiger partial charge < -0.3 is 10.6 Å². The van der Waals surface area contributed by atoms with Crippen molar-refractivity contribution in [3.05, 3.63) is 59.2 Å². The molecule has 0 unspecified atom stereocenters. The van der Waals surface area contributed by atoms with Crippen molar-refractivity contribution in [3.63, 3.8) is 0 Å². The Labute approximate surface area is 168 Å². The number of hydrogen-bond acceptors (Lipinski definition) is 3. The topological polar surface area (TPSA) is 61.4 Å². The van der Waals surface area contributed by atoms with Crippen molar-refractivity contribution in [3.8, 4) is 0 Å². The molecule has 0 spiro atoms. The summed E-state index contributed by atoms with van der Waals surface area (Å²) in [5.74, 6) is 0.0372. The van der Waals surface area contributed by atoms with Gasteiger partial charge >= 0.3 is 0 Å². The summed E-state index contributed by atoms with van der Waals surface area (Å²) in [5, 5.41) is 5.92. The maximum Gasteiger partial charge on any atom is 0.241 e. The Morgan fingerprint density at radius 3 is 2.21 bits per heavy atom. The number of likely N-dealkylation sites (N-methyl/N-ethyl adjacent to an activating group) is 1. The average Bonchev–Trinajstić information content (AvgIpc) is 2.64. The molecule has 150 valence electrons. The van der Waals surface area contributed by atoms with E-state index in [-0.39, 0.29) is 18.4 Å². The molecule has 5 heteroatoms. The van der Waals surface area contributed by atoms with Gasteiger partial charge in [0.25, 0.3) is 0 Å². The minimum Gasteiger partial charge on any atom is -0.325 e. The predicted molar refractivity (Wildman–Crippen MR) is 116 cm³/mol. The molecule has 0 aromatic heterocycles. The smallest absolute Gasteiger partial charge is 0.241 e. The van der Waals surface area contributed by atoms with E-state index in [9.17, 15) is 9.59 Å². The molecule has 0 bridgehead atoms. The number of hydrogen-bond donors (Lipinski definition) is 2. The Morgan fingerprint density at radius 1 is 0.964 bits per heavy atom. The van der Waals surface area contributed by atoms with E-state index in [1.165, 1.54) is 0 Å². The van der Waals surface area contributed by atoms with Gasteiger partial charge in [-0.2, -0.15) is 0 Å². The van der Waals surface area contributed by atoms with Crippen molar-refractivity contribution in [2.75, 3.05) is 24.2 Å². The first-order chi connectivity index (χ1) is 13.2. The van der Waals surface area contributed by atoms with Crippen LogP contribution in [0.15, 0.2) is 42.5 Å². The van der Waals surface area contributed by atoms with Gasteiger partial charge in [-0.1, -0.05) is 49.7 Å². The number of rotatable bonds is 7. The summed E-state index contributed by atoms with van der Waals surface area (Å²) < 4.78 is 0. The molecule has 28 heavy (non-hydrogen) atoms. The molecule has 2 aromatic carbocycles. The lowest BCUT2D eigenvalue weighted by Gasteiger charge is -2.25. The Morgan fingerprint density at radius 2 is 1.61 bits per heavy atom. The van der Waals surface area contributed by atoms with Gasteiger partial charge in [0, 0.05) is 11.4 Å². The highest BCUT2D eigenvalue weighted by atomic mass is 16.2. The van der Waals surface area contributed by atoms with Crippen LogP contribution >= 0.6 is 0 Å². The van der Waals surface area contributed by atoms with Crippen LogP contribution in [0.2, 0.25) is 0 Å². The molecule has 0 aliphatic carbocycles. The summed E-state index contributed by atoms with van der Waals surface area (Å²) >= 11 is 0. The van der Waals surface area contributed by atoms with Crippen LogP contribution in [0.1, 0.15) is 43.4 Å². The fourth-order valence-electron chi connectivity index (χ4n) is 2.97. The average molecular weight is 382 g/mol. The molecule has 0 saturated heterocycles. The molecule has 2 aromatic rings. The number of carbonyl (C=O) groups excluding carboxylic acids is 2. The molecular formula is C23H31N3O2. The summed E-state index contributed by atoms with van der Waals surface area (Å²) in [6, 6.07) is 13.2. The monoisotopic (exact) mass is 381 g/mol. The summed E-state index contributed by atoms with van der Waals surface area (Å²) in [6.07, 6.45) is 0. The molecular weight excluding hydrogens is 350 g/mol. The lowest BCUT2D eigenvalue weighted by molar-refractivity contribution is -0.122. The number of nitrogens with one attached hydrogen (secondary N) is 2.